The van der Waals surface area contributed by atoms with Crippen LogP contribution in [0.15, 0.2) is 12.1 Å². The molecule has 2 rings (SSSR count). The monoisotopic (exact) mass is 247 g/mol. The van der Waals surface area contributed by atoms with Gasteiger partial charge in [0.25, 0.3) is 0 Å². The van der Waals surface area contributed by atoms with Crippen molar-refractivity contribution in [3.05, 3.63) is 28.8 Å². The molecule has 1 aliphatic heterocycles. The summed E-state index contributed by atoms with van der Waals surface area (Å²) in [5, 5.41) is 3.53. The second-order valence-electron chi connectivity index (χ2n) is 5.51. The minimum atomic E-state index is 0.730. The van der Waals surface area contributed by atoms with Gasteiger partial charge in [0.05, 0.1) is 6.61 Å². The molecule has 0 spiro atoms. The van der Waals surface area contributed by atoms with Gasteiger partial charge in [-0.05, 0) is 64.1 Å². The molecule has 0 bridgehead atoms. The Kier molecular flexibility index (Phi) is 4.65. The van der Waals surface area contributed by atoms with Gasteiger partial charge >= 0.3 is 0 Å². The highest BCUT2D eigenvalue weighted by atomic mass is 16.5. The normalized spacial score (nSPS) is 19.2. The maximum Gasteiger partial charge on any atom is 0.125 e. The van der Waals surface area contributed by atoms with Crippen molar-refractivity contribution in [3.63, 3.8) is 0 Å². The SMILES string of the molecule is Cc1cc(C)c(OCCCC2CCCN2)c(C)c1. The molecule has 1 atom stereocenters. The lowest BCUT2D eigenvalue weighted by Gasteiger charge is -2.14. The smallest absolute Gasteiger partial charge is 0.125 e. The average molecular weight is 247 g/mol. The molecular weight excluding hydrogens is 222 g/mol. The molecule has 0 aromatic heterocycles. The van der Waals surface area contributed by atoms with Gasteiger partial charge < -0.3 is 10.1 Å². The van der Waals surface area contributed by atoms with Crippen LogP contribution in [0.4, 0.5) is 0 Å². The maximum absolute atomic E-state index is 5.95. The fourth-order valence-electron chi connectivity index (χ4n) is 2.90. The molecule has 2 nitrogen and oxygen atoms in total. The Morgan fingerprint density at radius 2 is 1.94 bits per heavy atom. The second kappa shape index (κ2) is 6.24. The molecule has 18 heavy (non-hydrogen) atoms. The van der Waals surface area contributed by atoms with Crippen molar-refractivity contribution in [1.82, 2.24) is 5.32 Å². The van der Waals surface area contributed by atoms with Crippen molar-refractivity contribution in [1.29, 1.82) is 0 Å². The zero-order valence-electron chi connectivity index (χ0n) is 11.9. The minimum Gasteiger partial charge on any atom is -0.493 e. The molecule has 0 radical (unpaired) electrons. The molecule has 1 saturated heterocycles. The molecule has 0 aliphatic carbocycles. The number of ether oxygens (including phenoxy) is 1. The van der Waals surface area contributed by atoms with Crippen molar-refractivity contribution in [2.24, 2.45) is 0 Å². The molecule has 0 amide bonds. The lowest BCUT2D eigenvalue weighted by Crippen LogP contribution is -2.21. The van der Waals surface area contributed by atoms with E-state index in [-0.39, 0.29) is 0 Å². The quantitative estimate of drug-likeness (QED) is 0.804. The van der Waals surface area contributed by atoms with E-state index in [2.05, 4.69) is 38.2 Å². The van der Waals surface area contributed by atoms with Gasteiger partial charge in [-0.25, -0.2) is 0 Å². The van der Waals surface area contributed by atoms with E-state index in [0.29, 0.717) is 0 Å². The fourth-order valence-corrected chi connectivity index (χ4v) is 2.90. The van der Waals surface area contributed by atoms with Crippen molar-refractivity contribution >= 4 is 0 Å². The topological polar surface area (TPSA) is 21.3 Å². The van der Waals surface area contributed by atoms with Crippen molar-refractivity contribution in [2.75, 3.05) is 13.2 Å². The molecule has 1 aromatic carbocycles. The van der Waals surface area contributed by atoms with Crippen LogP contribution >= 0.6 is 0 Å². The van der Waals surface area contributed by atoms with Crippen LogP contribution in [0.2, 0.25) is 0 Å². The molecular formula is C16H25NO. The number of hydrogen-bond acceptors (Lipinski definition) is 2. The fraction of sp³-hybridized carbons (Fsp3) is 0.625. The predicted molar refractivity (Wildman–Crippen MR) is 76.4 cm³/mol. The minimum absolute atomic E-state index is 0.730. The molecule has 0 saturated carbocycles. The van der Waals surface area contributed by atoms with Crippen LogP contribution in [0, 0.1) is 20.8 Å². The standard InChI is InChI=1S/C16H25NO/c1-12-10-13(2)16(14(3)11-12)18-9-5-7-15-6-4-8-17-15/h10-11,15,17H,4-9H2,1-3H3. The molecule has 1 aromatic rings. The van der Waals surface area contributed by atoms with Crippen LogP contribution in [0.5, 0.6) is 5.75 Å². The summed E-state index contributed by atoms with van der Waals surface area (Å²) in [6.07, 6.45) is 5.05. The van der Waals surface area contributed by atoms with Crippen molar-refractivity contribution < 1.29 is 4.74 Å². The van der Waals surface area contributed by atoms with E-state index in [1.165, 1.54) is 42.5 Å². The first-order valence-corrected chi connectivity index (χ1v) is 7.11. The summed E-state index contributed by atoms with van der Waals surface area (Å²) in [7, 11) is 0. The van der Waals surface area contributed by atoms with Crippen molar-refractivity contribution in [2.45, 2.75) is 52.5 Å². The Balaban J connectivity index is 1.79. The molecule has 1 N–H and O–H groups in total. The first kappa shape index (κ1) is 13.4. The Labute approximate surface area is 111 Å². The summed E-state index contributed by atoms with van der Waals surface area (Å²) in [5.41, 5.74) is 3.82. The van der Waals surface area contributed by atoms with Crippen LogP contribution in [-0.4, -0.2) is 19.2 Å². The number of nitrogens with one attached hydrogen (secondary N) is 1. The second-order valence-corrected chi connectivity index (χ2v) is 5.51. The third-order valence-corrected chi connectivity index (χ3v) is 3.71. The first-order chi connectivity index (χ1) is 8.66. The van der Waals surface area contributed by atoms with Gasteiger partial charge in [0.1, 0.15) is 5.75 Å². The summed E-state index contributed by atoms with van der Waals surface area (Å²) in [6.45, 7) is 8.43. The highest BCUT2D eigenvalue weighted by molar-refractivity contribution is 5.42. The molecule has 2 heteroatoms. The molecule has 100 valence electrons. The summed E-state index contributed by atoms with van der Waals surface area (Å²) in [4.78, 5) is 0. The third kappa shape index (κ3) is 3.49. The maximum atomic E-state index is 5.95. The number of hydrogen-bond donors (Lipinski definition) is 1. The summed E-state index contributed by atoms with van der Waals surface area (Å²) in [5.74, 6) is 1.08. The van der Waals surface area contributed by atoms with Gasteiger partial charge in [-0.3, -0.25) is 0 Å². The zero-order valence-corrected chi connectivity index (χ0v) is 11.9. The molecule has 1 heterocycles. The Morgan fingerprint density at radius 3 is 2.56 bits per heavy atom. The van der Waals surface area contributed by atoms with Crippen LogP contribution in [0.1, 0.15) is 42.4 Å². The Hall–Kier alpha value is -1.02. The summed E-state index contributed by atoms with van der Waals surface area (Å²) >= 11 is 0. The number of benzene rings is 1. The van der Waals surface area contributed by atoms with E-state index < -0.39 is 0 Å². The van der Waals surface area contributed by atoms with Gasteiger partial charge in [0, 0.05) is 6.04 Å². The van der Waals surface area contributed by atoms with Crippen LogP contribution < -0.4 is 10.1 Å². The predicted octanol–water partition coefficient (Wildman–Crippen LogP) is 3.52. The largest absolute Gasteiger partial charge is 0.493 e. The van der Waals surface area contributed by atoms with Gasteiger partial charge in [-0.15, -0.1) is 0 Å². The van der Waals surface area contributed by atoms with Gasteiger partial charge in [-0.1, -0.05) is 17.7 Å². The highest BCUT2D eigenvalue weighted by Gasteiger charge is 2.13. The van der Waals surface area contributed by atoms with Gasteiger partial charge in [0.15, 0.2) is 0 Å². The van der Waals surface area contributed by atoms with E-state index in [1.807, 2.05) is 0 Å². The number of aryl methyl sites for hydroxylation is 3. The van der Waals surface area contributed by atoms with Crippen molar-refractivity contribution in [3.8, 4) is 5.75 Å². The van der Waals surface area contributed by atoms with E-state index in [1.54, 1.807) is 0 Å². The molecule has 1 aliphatic rings. The molecule has 1 unspecified atom stereocenters. The van der Waals surface area contributed by atoms with E-state index >= 15 is 0 Å². The zero-order chi connectivity index (χ0) is 13.0. The van der Waals surface area contributed by atoms with Crippen LogP contribution in [0.3, 0.4) is 0 Å². The van der Waals surface area contributed by atoms with E-state index in [4.69, 9.17) is 4.74 Å². The Morgan fingerprint density at radius 1 is 1.22 bits per heavy atom. The molecule has 1 fully saturated rings. The van der Waals surface area contributed by atoms with Crippen LogP contribution in [0.25, 0.3) is 0 Å². The lowest BCUT2D eigenvalue weighted by molar-refractivity contribution is 0.295. The lowest BCUT2D eigenvalue weighted by atomic mass is 10.1. The van der Waals surface area contributed by atoms with Gasteiger partial charge in [-0.2, -0.15) is 0 Å². The first-order valence-electron chi connectivity index (χ1n) is 7.11. The van der Waals surface area contributed by atoms with Crippen LogP contribution in [-0.2, 0) is 0 Å². The summed E-state index contributed by atoms with van der Waals surface area (Å²) in [6, 6.07) is 5.12. The van der Waals surface area contributed by atoms with Gasteiger partial charge in [0.2, 0.25) is 0 Å². The average Bonchev–Trinajstić information content (AvgIpc) is 2.79. The van der Waals surface area contributed by atoms with E-state index in [9.17, 15) is 0 Å². The highest BCUT2D eigenvalue weighted by Crippen LogP contribution is 2.24. The number of rotatable bonds is 5. The van der Waals surface area contributed by atoms with E-state index in [0.717, 1.165) is 24.8 Å². The summed E-state index contributed by atoms with van der Waals surface area (Å²) < 4.78 is 5.95. The third-order valence-electron chi connectivity index (χ3n) is 3.71. The Bertz CT molecular complexity index is 371.